The van der Waals surface area contributed by atoms with Crippen molar-refractivity contribution in [2.24, 2.45) is 0 Å². The summed E-state index contributed by atoms with van der Waals surface area (Å²) in [5.74, 6) is -0.848. The first kappa shape index (κ1) is 16.4. The topological polar surface area (TPSA) is 65.3 Å². The van der Waals surface area contributed by atoms with Crippen molar-refractivity contribution in [2.75, 3.05) is 0 Å². The first-order valence-corrected chi connectivity index (χ1v) is 8.06. The molecule has 0 saturated carbocycles. The third kappa shape index (κ3) is 3.52. The highest BCUT2D eigenvalue weighted by Crippen LogP contribution is 2.30. The monoisotopic (exact) mass is 364 g/mol. The minimum atomic E-state index is -0.786. The van der Waals surface area contributed by atoms with Crippen LogP contribution in [0.1, 0.15) is 5.69 Å². The Bertz CT molecular complexity index is 901. The molecule has 1 aromatic heterocycles. The molecule has 0 saturated heterocycles. The van der Waals surface area contributed by atoms with E-state index in [9.17, 15) is 14.5 Å². The molecule has 0 atom stereocenters. The molecule has 0 fully saturated rings. The summed E-state index contributed by atoms with van der Waals surface area (Å²) >= 11 is 7.54. The predicted molar refractivity (Wildman–Crippen MR) is 89.9 cm³/mol. The van der Waals surface area contributed by atoms with Gasteiger partial charge >= 0.3 is 0 Å². The van der Waals surface area contributed by atoms with E-state index in [2.05, 4.69) is 4.98 Å². The summed E-state index contributed by atoms with van der Waals surface area (Å²) in [6, 6.07) is 10.6. The highest BCUT2D eigenvalue weighted by atomic mass is 35.5. The van der Waals surface area contributed by atoms with Crippen LogP contribution in [0, 0.1) is 15.9 Å². The van der Waals surface area contributed by atoms with Crippen LogP contribution in [0.15, 0.2) is 47.8 Å². The van der Waals surface area contributed by atoms with Crippen molar-refractivity contribution in [2.45, 2.75) is 6.61 Å². The molecule has 0 spiro atoms. The fourth-order valence-corrected chi connectivity index (χ4v) is 3.13. The standard InChI is InChI=1S/C16H10ClFN2O3S/c17-13-4-2-1-3-12(13)16-19-10(9-24-16)8-23-15-6-5-11(20(21)22)7-14(15)18/h1-7,9H,8H2. The molecule has 3 rings (SSSR count). The zero-order valence-electron chi connectivity index (χ0n) is 12.1. The van der Waals surface area contributed by atoms with Gasteiger partial charge < -0.3 is 4.74 Å². The van der Waals surface area contributed by atoms with E-state index in [1.807, 2.05) is 18.2 Å². The third-order valence-electron chi connectivity index (χ3n) is 3.16. The number of ether oxygens (including phenoxy) is 1. The Balaban J connectivity index is 1.72. The van der Waals surface area contributed by atoms with Gasteiger partial charge in [-0.05, 0) is 12.1 Å². The van der Waals surface area contributed by atoms with E-state index in [0.717, 1.165) is 16.6 Å². The van der Waals surface area contributed by atoms with E-state index in [-0.39, 0.29) is 18.0 Å². The molecule has 0 amide bonds. The highest BCUT2D eigenvalue weighted by Gasteiger charge is 2.13. The number of nitro benzene ring substituents is 1. The van der Waals surface area contributed by atoms with E-state index in [1.54, 1.807) is 11.4 Å². The zero-order chi connectivity index (χ0) is 17.1. The first-order valence-electron chi connectivity index (χ1n) is 6.80. The molecule has 0 unspecified atom stereocenters. The van der Waals surface area contributed by atoms with Gasteiger partial charge in [0.05, 0.1) is 21.7 Å². The largest absolute Gasteiger partial charge is 0.484 e. The van der Waals surface area contributed by atoms with Crippen LogP contribution >= 0.6 is 22.9 Å². The highest BCUT2D eigenvalue weighted by molar-refractivity contribution is 7.13. The van der Waals surface area contributed by atoms with Crippen LogP contribution < -0.4 is 4.74 Å². The number of halogens is 2. The number of non-ortho nitro benzene ring substituents is 1. The lowest BCUT2D eigenvalue weighted by Gasteiger charge is -2.05. The van der Waals surface area contributed by atoms with Crippen molar-refractivity contribution in [3.8, 4) is 16.3 Å². The van der Waals surface area contributed by atoms with Gasteiger partial charge in [-0.1, -0.05) is 29.8 Å². The fraction of sp³-hybridized carbons (Fsp3) is 0.0625. The van der Waals surface area contributed by atoms with Gasteiger partial charge in [0, 0.05) is 17.0 Å². The molecule has 0 bridgehead atoms. The summed E-state index contributed by atoms with van der Waals surface area (Å²) in [6.07, 6.45) is 0. The zero-order valence-corrected chi connectivity index (χ0v) is 13.7. The first-order chi connectivity index (χ1) is 11.5. The van der Waals surface area contributed by atoms with E-state index in [1.165, 1.54) is 23.5 Å². The van der Waals surface area contributed by atoms with Crippen LogP contribution in [0.2, 0.25) is 5.02 Å². The second-order valence-corrected chi connectivity index (χ2v) is 6.05. The van der Waals surface area contributed by atoms with E-state index < -0.39 is 10.7 Å². The van der Waals surface area contributed by atoms with Crippen LogP contribution in [0.25, 0.3) is 10.6 Å². The van der Waals surface area contributed by atoms with Crippen LogP contribution in [-0.4, -0.2) is 9.91 Å². The molecule has 0 N–H and O–H groups in total. The lowest BCUT2D eigenvalue weighted by atomic mass is 10.2. The molecular weight excluding hydrogens is 355 g/mol. The molecule has 0 aliphatic heterocycles. The van der Waals surface area contributed by atoms with Crippen LogP contribution in [0.4, 0.5) is 10.1 Å². The lowest BCUT2D eigenvalue weighted by Crippen LogP contribution is -1.98. The van der Waals surface area contributed by atoms with Crippen molar-refractivity contribution in [1.29, 1.82) is 0 Å². The molecule has 0 radical (unpaired) electrons. The smallest absolute Gasteiger partial charge is 0.272 e. The summed E-state index contributed by atoms with van der Waals surface area (Å²) in [5, 5.41) is 13.7. The average Bonchev–Trinajstić information content (AvgIpc) is 3.02. The van der Waals surface area contributed by atoms with Gasteiger partial charge in [-0.2, -0.15) is 0 Å². The molecule has 5 nitrogen and oxygen atoms in total. The minimum Gasteiger partial charge on any atom is -0.484 e. The SMILES string of the molecule is O=[N+]([O-])c1ccc(OCc2csc(-c3ccccc3Cl)n2)c(F)c1. The number of hydrogen-bond donors (Lipinski definition) is 0. The van der Waals surface area contributed by atoms with Crippen molar-refractivity contribution in [3.63, 3.8) is 0 Å². The van der Waals surface area contributed by atoms with Crippen molar-refractivity contribution in [1.82, 2.24) is 4.98 Å². The van der Waals surface area contributed by atoms with Crippen molar-refractivity contribution >= 4 is 28.6 Å². The Kier molecular flexibility index (Phi) is 4.73. The normalized spacial score (nSPS) is 10.6. The summed E-state index contributed by atoms with van der Waals surface area (Å²) in [4.78, 5) is 14.3. The van der Waals surface area contributed by atoms with Crippen molar-refractivity contribution < 1.29 is 14.1 Å². The quantitative estimate of drug-likeness (QED) is 0.467. The Labute approximate surface area is 145 Å². The number of benzene rings is 2. The van der Waals surface area contributed by atoms with Crippen LogP contribution in [0.3, 0.4) is 0 Å². The third-order valence-corrected chi connectivity index (χ3v) is 4.41. The van der Waals surface area contributed by atoms with Gasteiger partial charge in [-0.25, -0.2) is 9.37 Å². The maximum Gasteiger partial charge on any atom is 0.272 e. The number of aromatic nitrogens is 1. The molecule has 0 aliphatic carbocycles. The number of nitro groups is 1. The summed E-state index contributed by atoms with van der Waals surface area (Å²) in [5.41, 5.74) is 1.11. The Morgan fingerprint density at radius 2 is 2.08 bits per heavy atom. The maximum atomic E-state index is 13.8. The second-order valence-electron chi connectivity index (χ2n) is 4.78. The maximum absolute atomic E-state index is 13.8. The molecular formula is C16H10ClFN2O3S. The molecule has 8 heteroatoms. The van der Waals surface area contributed by atoms with Crippen molar-refractivity contribution in [3.05, 3.63) is 74.5 Å². The molecule has 2 aromatic carbocycles. The number of thiazole rings is 1. The van der Waals surface area contributed by atoms with Gasteiger partial charge in [-0.3, -0.25) is 10.1 Å². The van der Waals surface area contributed by atoms with Crippen LogP contribution in [0.5, 0.6) is 5.75 Å². The Morgan fingerprint density at radius 1 is 1.29 bits per heavy atom. The van der Waals surface area contributed by atoms with Gasteiger partial charge in [0.1, 0.15) is 11.6 Å². The molecule has 3 aromatic rings. The summed E-state index contributed by atoms with van der Waals surface area (Å²) in [6.45, 7) is 0.0513. The molecule has 122 valence electrons. The average molecular weight is 365 g/mol. The predicted octanol–water partition coefficient (Wildman–Crippen LogP) is 5.09. The summed E-state index contributed by atoms with van der Waals surface area (Å²) < 4.78 is 19.1. The number of hydrogen-bond acceptors (Lipinski definition) is 5. The fourth-order valence-electron chi connectivity index (χ4n) is 2.00. The molecule has 24 heavy (non-hydrogen) atoms. The van der Waals surface area contributed by atoms with E-state index in [4.69, 9.17) is 16.3 Å². The molecule has 0 aliphatic rings. The van der Waals surface area contributed by atoms with E-state index in [0.29, 0.717) is 10.7 Å². The Hall–Kier alpha value is -2.51. The number of nitrogens with zero attached hydrogens (tertiary/aromatic N) is 2. The minimum absolute atomic E-state index is 0.0513. The lowest BCUT2D eigenvalue weighted by molar-refractivity contribution is -0.385. The molecule has 1 heterocycles. The van der Waals surface area contributed by atoms with Crippen LogP contribution in [-0.2, 0) is 6.61 Å². The van der Waals surface area contributed by atoms with Gasteiger partial charge in [0.15, 0.2) is 11.6 Å². The van der Waals surface area contributed by atoms with Gasteiger partial charge in [-0.15, -0.1) is 11.3 Å². The summed E-state index contributed by atoms with van der Waals surface area (Å²) in [7, 11) is 0. The second kappa shape index (κ2) is 6.94. The van der Waals surface area contributed by atoms with E-state index >= 15 is 0 Å². The number of rotatable bonds is 5. The van der Waals surface area contributed by atoms with Gasteiger partial charge in [0.2, 0.25) is 0 Å². The van der Waals surface area contributed by atoms with Gasteiger partial charge in [0.25, 0.3) is 5.69 Å². The Morgan fingerprint density at radius 3 is 2.79 bits per heavy atom.